The zero-order valence-corrected chi connectivity index (χ0v) is 12.4. The largest absolute Gasteiger partial charge is 0.493 e. The molecule has 3 heteroatoms. The van der Waals surface area contributed by atoms with Gasteiger partial charge in [0, 0.05) is 24.4 Å². The predicted molar refractivity (Wildman–Crippen MR) is 88.3 cm³/mol. The third-order valence-electron chi connectivity index (χ3n) is 3.42. The minimum atomic E-state index is 0.195. The Kier molecular flexibility index (Phi) is 5.83. The number of hydrogen-bond donors (Lipinski definition) is 2. The molecule has 1 atom stereocenters. The van der Waals surface area contributed by atoms with E-state index in [9.17, 15) is 0 Å². The van der Waals surface area contributed by atoms with Gasteiger partial charge in [-0.15, -0.1) is 0 Å². The Morgan fingerprint density at radius 1 is 1.10 bits per heavy atom. The fourth-order valence-electron chi connectivity index (χ4n) is 1.96. The summed E-state index contributed by atoms with van der Waals surface area (Å²) in [4.78, 5) is 0. The lowest BCUT2D eigenvalue weighted by Gasteiger charge is -2.12. The molecule has 0 saturated heterocycles. The predicted octanol–water partition coefficient (Wildman–Crippen LogP) is 4.35. The molecule has 21 heavy (non-hydrogen) atoms. The van der Waals surface area contributed by atoms with Gasteiger partial charge in [-0.3, -0.25) is 0 Å². The standard InChI is InChI=1S/C18H22N2O/c1-2-15(12-19)14-21-18-10-8-17(9-11-18)20-13-16-6-4-3-5-7-16/h3-12,15,19-20H,2,13-14H2,1H3/t15-/m1/s1. The molecule has 110 valence electrons. The van der Waals surface area contributed by atoms with E-state index in [1.165, 1.54) is 11.8 Å². The Labute approximate surface area is 126 Å². The Morgan fingerprint density at radius 2 is 1.81 bits per heavy atom. The molecular formula is C18H22N2O. The van der Waals surface area contributed by atoms with Gasteiger partial charge in [-0.1, -0.05) is 37.3 Å². The van der Waals surface area contributed by atoms with Crippen LogP contribution in [0.2, 0.25) is 0 Å². The van der Waals surface area contributed by atoms with Crippen molar-refractivity contribution in [2.45, 2.75) is 19.9 Å². The second-order valence-electron chi connectivity index (χ2n) is 5.01. The second-order valence-corrected chi connectivity index (χ2v) is 5.01. The van der Waals surface area contributed by atoms with Gasteiger partial charge in [-0.05, 0) is 36.2 Å². The molecule has 0 radical (unpaired) electrons. The van der Waals surface area contributed by atoms with Crippen molar-refractivity contribution in [2.24, 2.45) is 5.92 Å². The molecule has 2 rings (SSSR count). The average Bonchev–Trinajstić information content (AvgIpc) is 2.56. The second kappa shape index (κ2) is 8.10. The highest BCUT2D eigenvalue weighted by molar-refractivity contribution is 5.56. The van der Waals surface area contributed by atoms with Gasteiger partial charge in [0.1, 0.15) is 5.75 Å². The molecule has 2 N–H and O–H groups in total. The van der Waals surface area contributed by atoms with E-state index < -0.39 is 0 Å². The fraction of sp³-hybridized carbons (Fsp3) is 0.278. The molecule has 2 aromatic rings. The summed E-state index contributed by atoms with van der Waals surface area (Å²) in [5, 5.41) is 10.7. The van der Waals surface area contributed by atoms with Crippen molar-refractivity contribution in [3.8, 4) is 5.75 Å². The lowest BCUT2D eigenvalue weighted by molar-refractivity contribution is 0.283. The lowest BCUT2D eigenvalue weighted by atomic mass is 10.1. The topological polar surface area (TPSA) is 45.1 Å². The summed E-state index contributed by atoms with van der Waals surface area (Å²) in [6, 6.07) is 18.3. The quantitative estimate of drug-likeness (QED) is 0.707. The van der Waals surface area contributed by atoms with Gasteiger partial charge in [0.2, 0.25) is 0 Å². The summed E-state index contributed by atoms with van der Waals surface area (Å²) in [5.41, 5.74) is 2.33. The van der Waals surface area contributed by atoms with Crippen LogP contribution in [0.1, 0.15) is 18.9 Å². The van der Waals surface area contributed by atoms with Gasteiger partial charge >= 0.3 is 0 Å². The maximum Gasteiger partial charge on any atom is 0.119 e. The van der Waals surface area contributed by atoms with Crippen LogP contribution in [0.4, 0.5) is 5.69 Å². The summed E-state index contributed by atoms with van der Waals surface area (Å²) < 4.78 is 5.69. The number of benzene rings is 2. The first-order valence-electron chi connectivity index (χ1n) is 7.33. The Hall–Kier alpha value is -2.29. The highest BCUT2D eigenvalue weighted by Gasteiger charge is 2.03. The first-order chi connectivity index (χ1) is 10.3. The van der Waals surface area contributed by atoms with Crippen LogP contribution in [-0.4, -0.2) is 12.8 Å². The number of nitrogens with one attached hydrogen (secondary N) is 2. The maximum absolute atomic E-state index is 7.28. The van der Waals surface area contributed by atoms with E-state index in [0.717, 1.165) is 24.4 Å². The Morgan fingerprint density at radius 3 is 2.43 bits per heavy atom. The smallest absolute Gasteiger partial charge is 0.119 e. The molecule has 0 heterocycles. The number of ether oxygens (including phenoxy) is 1. The highest BCUT2D eigenvalue weighted by atomic mass is 16.5. The molecule has 0 amide bonds. The molecule has 3 nitrogen and oxygen atoms in total. The van der Waals surface area contributed by atoms with Crippen LogP contribution in [0.15, 0.2) is 54.6 Å². The van der Waals surface area contributed by atoms with Gasteiger partial charge in [0.15, 0.2) is 0 Å². The zero-order chi connectivity index (χ0) is 14.9. The van der Waals surface area contributed by atoms with Gasteiger partial charge < -0.3 is 15.5 Å². The van der Waals surface area contributed by atoms with Gasteiger partial charge in [-0.2, -0.15) is 0 Å². The normalized spacial score (nSPS) is 11.7. The van der Waals surface area contributed by atoms with E-state index in [0.29, 0.717) is 6.61 Å². The van der Waals surface area contributed by atoms with Crippen LogP contribution in [0, 0.1) is 11.3 Å². The van der Waals surface area contributed by atoms with E-state index in [1.807, 2.05) is 42.5 Å². The molecule has 2 aromatic carbocycles. The van der Waals surface area contributed by atoms with Crippen LogP contribution < -0.4 is 10.1 Å². The van der Waals surface area contributed by atoms with Crippen molar-refractivity contribution < 1.29 is 4.74 Å². The molecule has 0 unspecified atom stereocenters. The third-order valence-corrected chi connectivity index (χ3v) is 3.42. The van der Waals surface area contributed by atoms with Crippen LogP contribution in [0.25, 0.3) is 0 Å². The van der Waals surface area contributed by atoms with Crippen molar-refractivity contribution in [1.29, 1.82) is 5.41 Å². The third kappa shape index (κ3) is 4.95. The zero-order valence-electron chi connectivity index (χ0n) is 12.4. The highest BCUT2D eigenvalue weighted by Crippen LogP contribution is 2.17. The maximum atomic E-state index is 7.28. The van der Waals surface area contributed by atoms with Gasteiger partial charge in [0.05, 0.1) is 6.61 Å². The number of anilines is 1. The van der Waals surface area contributed by atoms with Crippen molar-refractivity contribution >= 4 is 11.9 Å². The fourth-order valence-corrected chi connectivity index (χ4v) is 1.96. The summed E-state index contributed by atoms with van der Waals surface area (Å²) in [6.45, 7) is 3.44. The van der Waals surface area contributed by atoms with Crippen LogP contribution in [-0.2, 0) is 6.54 Å². The van der Waals surface area contributed by atoms with Crippen molar-refractivity contribution in [3.63, 3.8) is 0 Å². The summed E-state index contributed by atoms with van der Waals surface area (Å²) in [5.74, 6) is 1.04. The van der Waals surface area contributed by atoms with Crippen molar-refractivity contribution in [1.82, 2.24) is 0 Å². The van der Waals surface area contributed by atoms with E-state index in [4.69, 9.17) is 10.1 Å². The first-order valence-corrected chi connectivity index (χ1v) is 7.33. The van der Waals surface area contributed by atoms with E-state index in [2.05, 4.69) is 24.4 Å². The van der Waals surface area contributed by atoms with Crippen LogP contribution in [0.3, 0.4) is 0 Å². The van der Waals surface area contributed by atoms with E-state index >= 15 is 0 Å². The molecule has 0 fully saturated rings. The lowest BCUT2D eigenvalue weighted by Crippen LogP contribution is -2.11. The van der Waals surface area contributed by atoms with E-state index in [-0.39, 0.29) is 5.92 Å². The molecule has 0 aliphatic heterocycles. The monoisotopic (exact) mass is 282 g/mol. The minimum absolute atomic E-state index is 0.195. The molecule has 0 spiro atoms. The van der Waals surface area contributed by atoms with Gasteiger partial charge in [-0.25, -0.2) is 0 Å². The molecule has 0 aliphatic rings. The molecule has 0 bridgehead atoms. The molecule has 0 aromatic heterocycles. The minimum Gasteiger partial charge on any atom is -0.493 e. The summed E-state index contributed by atoms with van der Waals surface area (Å²) in [7, 11) is 0. The van der Waals surface area contributed by atoms with Gasteiger partial charge in [0.25, 0.3) is 0 Å². The average molecular weight is 282 g/mol. The van der Waals surface area contributed by atoms with Crippen LogP contribution in [0.5, 0.6) is 5.75 Å². The van der Waals surface area contributed by atoms with Crippen molar-refractivity contribution in [2.75, 3.05) is 11.9 Å². The first kappa shape index (κ1) is 15.1. The van der Waals surface area contributed by atoms with E-state index in [1.54, 1.807) is 0 Å². The summed E-state index contributed by atoms with van der Waals surface area (Å²) in [6.07, 6.45) is 2.38. The molecule has 0 aliphatic carbocycles. The number of rotatable bonds is 8. The van der Waals surface area contributed by atoms with Crippen molar-refractivity contribution in [3.05, 3.63) is 60.2 Å². The Bertz CT molecular complexity index is 537. The molecule has 0 saturated carbocycles. The summed E-state index contributed by atoms with van der Waals surface area (Å²) >= 11 is 0. The SMILES string of the molecule is CC[C@H](C=N)COc1ccc(NCc2ccccc2)cc1. The Balaban J connectivity index is 1.83. The molecular weight excluding hydrogens is 260 g/mol. The van der Waals surface area contributed by atoms with Crippen LogP contribution >= 0.6 is 0 Å². The number of hydrogen-bond acceptors (Lipinski definition) is 3.